The summed E-state index contributed by atoms with van der Waals surface area (Å²) < 4.78 is 11.5. The second-order valence-corrected chi connectivity index (χ2v) is 5.19. The lowest BCUT2D eigenvalue weighted by Gasteiger charge is -2.13. The molecule has 0 aliphatic rings. The van der Waals surface area contributed by atoms with Crippen LogP contribution < -0.4 is 9.47 Å². The number of aromatic nitrogens is 2. The van der Waals surface area contributed by atoms with Crippen molar-refractivity contribution in [1.82, 2.24) is 9.97 Å². The number of benzene rings is 1. The van der Waals surface area contributed by atoms with Crippen LogP contribution >= 0.6 is 27.5 Å². The molecule has 0 spiro atoms. The summed E-state index contributed by atoms with van der Waals surface area (Å²) in [5.41, 5.74) is 1.56. The van der Waals surface area contributed by atoms with Crippen molar-refractivity contribution in [3.05, 3.63) is 33.6 Å². The van der Waals surface area contributed by atoms with Gasteiger partial charge in [0.2, 0.25) is 0 Å². The SMILES string of the molecule is CCc1nc(Cl)cc(-c2ccc(OC)c(Br)c2OC)n1. The largest absolute Gasteiger partial charge is 0.495 e. The Morgan fingerprint density at radius 1 is 1.20 bits per heavy atom. The lowest BCUT2D eigenvalue weighted by Crippen LogP contribution is -1.98. The van der Waals surface area contributed by atoms with E-state index in [2.05, 4.69) is 25.9 Å². The maximum Gasteiger partial charge on any atom is 0.146 e. The highest BCUT2D eigenvalue weighted by molar-refractivity contribution is 9.10. The van der Waals surface area contributed by atoms with Gasteiger partial charge in [0.1, 0.15) is 26.9 Å². The van der Waals surface area contributed by atoms with E-state index in [4.69, 9.17) is 21.1 Å². The van der Waals surface area contributed by atoms with Gasteiger partial charge in [0.15, 0.2) is 0 Å². The van der Waals surface area contributed by atoms with Crippen molar-refractivity contribution < 1.29 is 9.47 Å². The zero-order valence-corrected chi connectivity index (χ0v) is 13.7. The van der Waals surface area contributed by atoms with E-state index in [9.17, 15) is 0 Å². The van der Waals surface area contributed by atoms with Gasteiger partial charge in [-0.25, -0.2) is 9.97 Å². The lowest BCUT2D eigenvalue weighted by atomic mass is 10.1. The van der Waals surface area contributed by atoms with Crippen LogP contribution in [0.3, 0.4) is 0 Å². The molecule has 0 aliphatic heterocycles. The first-order valence-corrected chi connectivity index (χ1v) is 7.22. The molecule has 0 N–H and O–H groups in total. The van der Waals surface area contributed by atoms with Crippen molar-refractivity contribution in [1.29, 1.82) is 0 Å². The summed E-state index contributed by atoms with van der Waals surface area (Å²) in [6.07, 6.45) is 0.715. The zero-order valence-electron chi connectivity index (χ0n) is 11.4. The number of halogens is 2. The molecule has 0 amide bonds. The summed E-state index contributed by atoms with van der Waals surface area (Å²) in [7, 11) is 3.21. The van der Waals surface area contributed by atoms with Crippen LogP contribution in [0.2, 0.25) is 5.15 Å². The van der Waals surface area contributed by atoms with E-state index < -0.39 is 0 Å². The second-order valence-electron chi connectivity index (χ2n) is 4.01. The predicted octanol–water partition coefficient (Wildman–Crippen LogP) is 4.14. The van der Waals surface area contributed by atoms with Crippen LogP contribution in [0, 0.1) is 0 Å². The highest BCUT2D eigenvalue weighted by Gasteiger charge is 2.16. The third-order valence-electron chi connectivity index (χ3n) is 2.82. The molecule has 0 aliphatic carbocycles. The Morgan fingerprint density at radius 3 is 2.55 bits per heavy atom. The number of aryl methyl sites for hydroxylation is 1. The van der Waals surface area contributed by atoms with E-state index in [1.165, 1.54) is 0 Å². The van der Waals surface area contributed by atoms with Gasteiger partial charge < -0.3 is 9.47 Å². The maximum absolute atomic E-state index is 6.04. The lowest BCUT2D eigenvalue weighted by molar-refractivity contribution is 0.390. The molecule has 1 aromatic carbocycles. The standard InChI is InChI=1S/C14H14BrClN2O2/c1-4-12-17-9(7-11(16)18-12)8-5-6-10(19-2)13(15)14(8)20-3/h5-7H,4H2,1-3H3. The zero-order chi connectivity index (χ0) is 14.7. The predicted molar refractivity (Wildman–Crippen MR) is 82.7 cm³/mol. The minimum absolute atomic E-state index is 0.417. The average molecular weight is 358 g/mol. The summed E-state index contributed by atoms with van der Waals surface area (Å²) >= 11 is 9.52. The monoisotopic (exact) mass is 356 g/mol. The van der Waals surface area contributed by atoms with Gasteiger partial charge in [0, 0.05) is 18.1 Å². The molecular formula is C14H14BrClN2O2. The molecule has 0 bridgehead atoms. The normalized spacial score (nSPS) is 10.4. The molecule has 2 rings (SSSR count). The number of rotatable bonds is 4. The first-order valence-electron chi connectivity index (χ1n) is 6.05. The fourth-order valence-corrected chi connectivity index (χ4v) is 2.73. The van der Waals surface area contributed by atoms with E-state index in [1.807, 2.05) is 19.1 Å². The van der Waals surface area contributed by atoms with Gasteiger partial charge in [-0.05, 0) is 28.1 Å². The highest BCUT2D eigenvalue weighted by Crippen LogP contribution is 2.41. The highest BCUT2D eigenvalue weighted by atomic mass is 79.9. The Hall–Kier alpha value is -1.33. The van der Waals surface area contributed by atoms with E-state index in [1.54, 1.807) is 20.3 Å². The molecule has 0 saturated heterocycles. The van der Waals surface area contributed by atoms with Crippen molar-refractivity contribution in [2.45, 2.75) is 13.3 Å². The van der Waals surface area contributed by atoms with Crippen molar-refractivity contribution in [3.8, 4) is 22.8 Å². The van der Waals surface area contributed by atoms with Crippen LogP contribution in [0.5, 0.6) is 11.5 Å². The van der Waals surface area contributed by atoms with E-state index in [-0.39, 0.29) is 0 Å². The molecule has 0 atom stereocenters. The van der Waals surface area contributed by atoms with Crippen molar-refractivity contribution >= 4 is 27.5 Å². The number of hydrogen-bond donors (Lipinski definition) is 0. The summed E-state index contributed by atoms with van der Waals surface area (Å²) in [6, 6.07) is 5.46. The minimum Gasteiger partial charge on any atom is -0.495 e. The van der Waals surface area contributed by atoms with Crippen LogP contribution in [0.1, 0.15) is 12.7 Å². The molecule has 106 valence electrons. The summed E-state index contributed by atoms with van der Waals surface area (Å²) in [6.45, 7) is 1.98. The molecule has 0 fully saturated rings. The van der Waals surface area contributed by atoms with Crippen LogP contribution in [0.4, 0.5) is 0 Å². The summed E-state index contributed by atoms with van der Waals surface area (Å²) in [4.78, 5) is 8.66. The van der Waals surface area contributed by atoms with Gasteiger partial charge in [0.25, 0.3) is 0 Å². The number of methoxy groups -OCH3 is 2. The van der Waals surface area contributed by atoms with Gasteiger partial charge in [-0.2, -0.15) is 0 Å². The van der Waals surface area contributed by atoms with Gasteiger partial charge >= 0.3 is 0 Å². The number of hydrogen-bond acceptors (Lipinski definition) is 4. The molecule has 1 aromatic heterocycles. The smallest absolute Gasteiger partial charge is 0.146 e. The quantitative estimate of drug-likeness (QED) is 0.771. The maximum atomic E-state index is 6.04. The number of nitrogens with zero attached hydrogens (tertiary/aromatic N) is 2. The Labute approximate surface area is 131 Å². The van der Waals surface area contributed by atoms with Crippen LogP contribution in [-0.2, 0) is 6.42 Å². The van der Waals surface area contributed by atoms with Crippen LogP contribution in [0.25, 0.3) is 11.3 Å². The molecule has 0 unspecified atom stereocenters. The van der Waals surface area contributed by atoms with E-state index in [0.29, 0.717) is 28.9 Å². The molecule has 2 aromatic rings. The van der Waals surface area contributed by atoms with Crippen molar-refractivity contribution in [2.24, 2.45) is 0 Å². The molecule has 4 nitrogen and oxygen atoms in total. The fourth-order valence-electron chi connectivity index (χ4n) is 1.86. The van der Waals surface area contributed by atoms with Crippen molar-refractivity contribution in [2.75, 3.05) is 14.2 Å². The van der Waals surface area contributed by atoms with E-state index >= 15 is 0 Å². The van der Waals surface area contributed by atoms with Gasteiger partial charge in [-0.1, -0.05) is 18.5 Å². The van der Waals surface area contributed by atoms with E-state index in [0.717, 1.165) is 15.7 Å². The second kappa shape index (κ2) is 6.41. The first-order chi connectivity index (χ1) is 9.60. The minimum atomic E-state index is 0.417. The fraction of sp³-hybridized carbons (Fsp3) is 0.286. The third-order valence-corrected chi connectivity index (χ3v) is 3.76. The van der Waals surface area contributed by atoms with Crippen molar-refractivity contribution in [3.63, 3.8) is 0 Å². The third kappa shape index (κ3) is 2.88. The summed E-state index contributed by atoms with van der Waals surface area (Å²) in [5, 5.41) is 0.417. The molecule has 6 heteroatoms. The molecule has 20 heavy (non-hydrogen) atoms. The Kier molecular flexibility index (Phi) is 4.83. The van der Waals surface area contributed by atoms with Gasteiger partial charge in [-0.15, -0.1) is 0 Å². The Morgan fingerprint density at radius 2 is 1.95 bits per heavy atom. The molecule has 0 saturated carbocycles. The summed E-state index contributed by atoms with van der Waals surface area (Å²) in [5.74, 6) is 2.05. The topological polar surface area (TPSA) is 44.2 Å². The molecule has 1 heterocycles. The first kappa shape index (κ1) is 15.1. The van der Waals surface area contributed by atoms with Crippen LogP contribution in [0.15, 0.2) is 22.7 Å². The molecular weight excluding hydrogens is 344 g/mol. The number of ether oxygens (including phenoxy) is 2. The Balaban J connectivity index is 2.63. The van der Waals surface area contributed by atoms with Gasteiger partial charge in [-0.3, -0.25) is 0 Å². The van der Waals surface area contributed by atoms with Crippen LogP contribution in [-0.4, -0.2) is 24.2 Å². The average Bonchev–Trinajstić information content (AvgIpc) is 2.46. The molecule has 0 radical (unpaired) electrons. The Bertz CT molecular complexity index is 635. The van der Waals surface area contributed by atoms with Gasteiger partial charge in [0.05, 0.1) is 19.9 Å².